The van der Waals surface area contributed by atoms with Gasteiger partial charge in [0, 0.05) is 18.8 Å². The zero-order valence-electron chi connectivity index (χ0n) is 16.2. The van der Waals surface area contributed by atoms with Crippen LogP contribution in [-0.2, 0) is 4.79 Å². The van der Waals surface area contributed by atoms with Crippen molar-refractivity contribution < 1.29 is 19.1 Å². The van der Waals surface area contributed by atoms with Crippen LogP contribution in [0.4, 0.5) is 5.82 Å². The Labute approximate surface area is 173 Å². The first-order valence-electron chi connectivity index (χ1n) is 9.61. The van der Waals surface area contributed by atoms with Crippen LogP contribution in [0.3, 0.4) is 0 Å². The number of hydrogen-bond donors (Lipinski definition) is 1. The lowest BCUT2D eigenvalue weighted by atomic mass is 9.79. The lowest BCUT2D eigenvalue weighted by molar-refractivity contribution is -0.119. The van der Waals surface area contributed by atoms with Crippen molar-refractivity contribution >= 4 is 17.6 Å². The zero-order valence-corrected chi connectivity index (χ0v) is 16.2. The van der Waals surface area contributed by atoms with Crippen molar-refractivity contribution in [3.63, 3.8) is 0 Å². The van der Waals surface area contributed by atoms with Crippen molar-refractivity contribution in [3.05, 3.63) is 83.6 Å². The summed E-state index contributed by atoms with van der Waals surface area (Å²) < 4.78 is 10.9. The number of ether oxygens (including phenoxy) is 2. The van der Waals surface area contributed by atoms with E-state index in [1.54, 1.807) is 42.4 Å². The highest BCUT2D eigenvalue weighted by atomic mass is 16.7. The molecule has 150 valence electrons. The van der Waals surface area contributed by atoms with Crippen LogP contribution in [0.5, 0.6) is 11.5 Å². The Balaban J connectivity index is 1.61. The van der Waals surface area contributed by atoms with E-state index in [1.807, 2.05) is 36.4 Å². The molecule has 0 spiro atoms. The molecule has 7 heteroatoms. The predicted octanol–water partition coefficient (Wildman–Crippen LogP) is 3.36. The molecule has 1 N–H and O–H groups in total. The molecule has 0 unspecified atom stereocenters. The summed E-state index contributed by atoms with van der Waals surface area (Å²) >= 11 is 0. The zero-order chi connectivity index (χ0) is 20.7. The maximum Gasteiger partial charge on any atom is 0.254 e. The Kier molecular flexibility index (Phi) is 4.35. The number of benzene rings is 2. The van der Waals surface area contributed by atoms with Crippen molar-refractivity contribution in [1.29, 1.82) is 0 Å². The third-order valence-corrected chi connectivity index (χ3v) is 5.52. The summed E-state index contributed by atoms with van der Waals surface area (Å²) in [5.41, 5.74) is 2.01. The molecule has 7 nitrogen and oxygen atoms in total. The molecule has 2 atom stereocenters. The van der Waals surface area contributed by atoms with Gasteiger partial charge in [-0.3, -0.25) is 9.59 Å². The highest BCUT2D eigenvalue weighted by molar-refractivity contribution is 6.04. The molecule has 0 saturated heterocycles. The van der Waals surface area contributed by atoms with Gasteiger partial charge in [-0.05, 0) is 41.5 Å². The summed E-state index contributed by atoms with van der Waals surface area (Å²) in [7, 11) is 1.72. The van der Waals surface area contributed by atoms with E-state index in [0.29, 0.717) is 28.4 Å². The van der Waals surface area contributed by atoms with Crippen molar-refractivity contribution in [1.82, 2.24) is 9.88 Å². The van der Waals surface area contributed by atoms with E-state index in [0.717, 1.165) is 5.56 Å². The van der Waals surface area contributed by atoms with E-state index in [1.165, 1.54) is 0 Å². The molecular formula is C23H19N3O4. The molecule has 0 radical (unpaired) electrons. The number of likely N-dealkylation sites (N-methyl/N-ethyl adjacent to an activating group) is 1. The number of aromatic nitrogens is 1. The lowest BCUT2D eigenvalue weighted by Crippen LogP contribution is -2.44. The van der Waals surface area contributed by atoms with Gasteiger partial charge in [-0.25, -0.2) is 4.98 Å². The first kappa shape index (κ1) is 18.2. The van der Waals surface area contributed by atoms with Gasteiger partial charge < -0.3 is 19.7 Å². The van der Waals surface area contributed by atoms with Gasteiger partial charge in [0.15, 0.2) is 11.5 Å². The van der Waals surface area contributed by atoms with Crippen LogP contribution >= 0.6 is 0 Å². The number of nitrogens with zero attached hydrogens (tertiary/aromatic N) is 2. The van der Waals surface area contributed by atoms with E-state index >= 15 is 0 Å². The molecule has 30 heavy (non-hydrogen) atoms. The fraction of sp³-hybridized carbons (Fsp3) is 0.174. The highest BCUT2D eigenvalue weighted by Gasteiger charge is 2.43. The Bertz CT molecular complexity index is 1130. The van der Waals surface area contributed by atoms with Gasteiger partial charge in [0.05, 0.1) is 12.0 Å². The SMILES string of the molecule is CN1C(=O)c2ccccc2[C@@H](C(=O)Nc2ccccn2)[C@H]1c1ccc2c(c1)OCO2. The van der Waals surface area contributed by atoms with Gasteiger partial charge in [0.2, 0.25) is 12.7 Å². The molecule has 0 fully saturated rings. The average Bonchev–Trinajstić information content (AvgIpc) is 3.24. The number of pyridine rings is 1. The Morgan fingerprint density at radius 3 is 2.70 bits per heavy atom. The molecule has 1 aromatic heterocycles. The van der Waals surface area contributed by atoms with Crippen LogP contribution in [0.1, 0.15) is 33.4 Å². The molecule has 2 aliphatic rings. The molecule has 3 heterocycles. The van der Waals surface area contributed by atoms with Crippen LogP contribution in [0.15, 0.2) is 66.9 Å². The molecule has 2 amide bonds. The summed E-state index contributed by atoms with van der Waals surface area (Å²) in [5, 5.41) is 2.90. The van der Waals surface area contributed by atoms with Gasteiger partial charge in [0.1, 0.15) is 5.82 Å². The first-order chi connectivity index (χ1) is 14.6. The summed E-state index contributed by atoms with van der Waals surface area (Å²) in [6.07, 6.45) is 1.62. The summed E-state index contributed by atoms with van der Waals surface area (Å²) in [6, 6.07) is 17.6. The predicted molar refractivity (Wildman–Crippen MR) is 109 cm³/mol. The van der Waals surface area contributed by atoms with Crippen LogP contribution < -0.4 is 14.8 Å². The largest absolute Gasteiger partial charge is 0.454 e. The minimum absolute atomic E-state index is 0.129. The van der Waals surface area contributed by atoms with E-state index in [2.05, 4.69) is 10.3 Å². The molecule has 3 aromatic rings. The van der Waals surface area contributed by atoms with Gasteiger partial charge in [-0.15, -0.1) is 0 Å². The van der Waals surface area contributed by atoms with E-state index in [-0.39, 0.29) is 18.6 Å². The lowest BCUT2D eigenvalue weighted by Gasteiger charge is -2.39. The minimum atomic E-state index is -0.619. The number of rotatable bonds is 3. The smallest absolute Gasteiger partial charge is 0.254 e. The molecular weight excluding hydrogens is 382 g/mol. The number of hydrogen-bond acceptors (Lipinski definition) is 5. The monoisotopic (exact) mass is 401 g/mol. The highest BCUT2D eigenvalue weighted by Crippen LogP contribution is 2.45. The van der Waals surface area contributed by atoms with Crippen LogP contribution in [0.25, 0.3) is 0 Å². The third-order valence-electron chi connectivity index (χ3n) is 5.52. The normalized spacial score (nSPS) is 19.4. The quantitative estimate of drug-likeness (QED) is 0.728. The summed E-state index contributed by atoms with van der Waals surface area (Å²) in [5.74, 6) is 0.739. The minimum Gasteiger partial charge on any atom is -0.454 e. The Hall–Kier alpha value is -3.87. The van der Waals surface area contributed by atoms with Crippen LogP contribution in [-0.4, -0.2) is 35.5 Å². The second kappa shape index (κ2) is 7.18. The second-order valence-corrected chi connectivity index (χ2v) is 7.24. The summed E-state index contributed by atoms with van der Waals surface area (Å²) in [6.45, 7) is 0.157. The molecule has 2 aliphatic heterocycles. The number of fused-ring (bicyclic) bond motifs is 2. The first-order valence-corrected chi connectivity index (χ1v) is 9.61. The number of carbonyl (C=O) groups excluding carboxylic acids is 2. The number of carbonyl (C=O) groups is 2. The second-order valence-electron chi connectivity index (χ2n) is 7.24. The molecule has 0 bridgehead atoms. The Morgan fingerprint density at radius 2 is 1.87 bits per heavy atom. The third kappa shape index (κ3) is 2.95. The molecule has 5 rings (SSSR count). The van der Waals surface area contributed by atoms with Gasteiger partial charge >= 0.3 is 0 Å². The fourth-order valence-electron chi connectivity index (χ4n) is 4.11. The molecule has 0 saturated carbocycles. The number of anilines is 1. The Morgan fingerprint density at radius 1 is 1.07 bits per heavy atom. The number of amides is 2. The standard InChI is InChI=1S/C23H19N3O4/c1-26-21(14-9-10-17-18(12-14)30-13-29-17)20(15-6-2-3-7-16(15)23(26)28)22(27)25-19-8-4-5-11-24-19/h2-12,20-21H,13H2,1H3,(H,24,25,27)/t20-,21-/m1/s1. The maximum absolute atomic E-state index is 13.5. The number of nitrogens with one attached hydrogen (secondary N) is 1. The van der Waals surface area contributed by atoms with Gasteiger partial charge in [-0.1, -0.05) is 30.3 Å². The van der Waals surface area contributed by atoms with Gasteiger partial charge in [0.25, 0.3) is 5.91 Å². The van der Waals surface area contributed by atoms with Crippen molar-refractivity contribution in [2.75, 3.05) is 19.2 Å². The fourth-order valence-corrected chi connectivity index (χ4v) is 4.11. The van der Waals surface area contributed by atoms with E-state index < -0.39 is 12.0 Å². The molecule has 2 aromatic carbocycles. The average molecular weight is 401 g/mol. The van der Waals surface area contributed by atoms with Gasteiger partial charge in [-0.2, -0.15) is 0 Å². The topological polar surface area (TPSA) is 80.8 Å². The summed E-state index contributed by atoms with van der Waals surface area (Å²) in [4.78, 5) is 32.4. The van der Waals surface area contributed by atoms with E-state index in [4.69, 9.17) is 9.47 Å². The van der Waals surface area contributed by atoms with Crippen molar-refractivity contribution in [2.24, 2.45) is 0 Å². The molecule has 0 aliphatic carbocycles. The van der Waals surface area contributed by atoms with E-state index in [9.17, 15) is 9.59 Å². The maximum atomic E-state index is 13.5. The van der Waals surface area contributed by atoms with Crippen LogP contribution in [0.2, 0.25) is 0 Å². The van der Waals surface area contributed by atoms with Crippen molar-refractivity contribution in [2.45, 2.75) is 12.0 Å². The van der Waals surface area contributed by atoms with Crippen LogP contribution in [0, 0.1) is 0 Å². The van der Waals surface area contributed by atoms with Crippen molar-refractivity contribution in [3.8, 4) is 11.5 Å².